The van der Waals surface area contributed by atoms with Gasteiger partial charge >= 0.3 is 5.97 Å². The second kappa shape index (κ2) is 4.06. The average Bonchev–Trinajstić information content (AvgIpc) is 2.06. The molecule has 0 atom stereocenters. The average molecular weight is 229 g/mol. The van der Waals surface area contributed by atoms with E-state index in [9.17, 15) is 4.79 Å². The molecule has 1 aromatic heterocycles. The molecule has 1 rings (SSSR count). The molecule has 0 amide bonds. The molecule has 0 aliphatic heterocycles. The van der Waals surface area contributed by atoms with E-state index in [-0.39, 0.29) is 10.8 Å². The third-order valence-corrected chi connectivity index (χ3v) is 1.79. The molecular weight excluding hydrogens is 216 g/mol. The van der Waals surface area contributed by atoms with Crippen LogP contribution >= 0.6 is 11.6 Å². The predicted octanol–water partition coefficient (Wildman–Crippen LogP) is 2.27. The molecule has 0 aromatic carbocycles. The number of carbonyl (C=O) groups excluding carboxylic acids is 1. The summed E-state index contributed by atoms with van der Waals surface area (Å²) in [6.07, 6.45) is 0. The summed E-state index contributed by atoms with van der Waals surface area (Å²) in [6.45, 7) is 5.34. The fraction of sp³-hybridized carbons (Fsp3) is 0.400. The van der Waals surface area contributed by atoms with Crippen LogP contribution in [0.4, 0.5) is 5.69 Å². The number of rotatable bonds is 1. The summed E-state index contributed by atoms with van der Waals surface area (Å²) in [5.41, 5.74) is 5.41. The van der Waals surface area contributed by atoms with Crippen molar-refractivity contribution in [1.82, 2.24) is 4.98 Å². The first-order chi connectivity index (χ1) is 6.79. The first-order valence-corrected chi connectivity index (χ1v) is 4.83. The van der Waals surface area contributed by atoms with Crippen LogP contribution in [0.25, 0.3) is 0 Å². The SMILES string of the molecule is CC(C)(C)OC(=O)c1ccc(N)c(Cl)n1. The number of hydrogen-bond donors (Lipinski definition) is 1. The summed E-state index contributed by atoms with van der Waals surface area (Å²) in [7, 11) is 0. The zero-order chi connectivity index (χ0) is 11.6. The van der Waals surface area contributed by atoms with Gasteiger partial charge in [0.25, 0.3) is 0 Å². The van der Waals surface area contributed by atoms with E-state index >= 15 is 0 Å². The standard InChI is InChI=1S/C10H13ClN2O2/c1-10(2,3)15-9(14)7-5-4-6(12)8(11)13-7/h4-5H,12H2,1-3H3. The van der Waals surface area contributed by atoms with Crippen LogP contribution in [0, 0.1) is 0 Å². The smallest absolute Gasteiger partial charge is 0.357 e. The highest BCUT2D eigenvalue weighted by Gasteiger charge is 2.19. The van der Waals surface area contributed by atoms with Gasteiger partial charge in [0.1, 0.15) is 11.3 Å². The monoisotopic (exact) mass is 228 g/mol. The van der Waals surface area contributed by atoms with Crippen LogP contribution in [0.3, 0.4) is 0 Å². The molecule has 5 heteroatoms. The number of hydrogen-bond acceptors (Lipinski definition) is 4. The molecule has 0 spiro atoms. The summed E-state index contributed by atoms with van der Waals surface area (Å²) in [4.78, 5) is 15.4. The maximum Gasteiger partial charge on any atom is 0.357 e. The Balaban J connectivity index is 2.88. The number of anilines is 1. The third kappa shape index (κ3) is 3.40. The van der Waals surface area contributed by atoms with Gasteiger partial charge in [-0.2, -0.15) is 0 Å². The van der Waals surface area contributed by atoms with Gasteiger partial charge in [-0.05, 0) is 32.9 Å². The van der Waals surface area contributed by atoms with E-state index in [0.29, 0.717) is 5.69 Å². The van der Waals surface area contributed by atoms with Gasteiger partial charge in [0.15, 0.2) is 5.15 Å². The first-order valence-electron chi connectivity index (χ1n) is 4.45. The van der Waals surface area contributed by atoms with Gasteiger partial charge in [-0.25, -0.2) is 9.78 Å². The molecule has 1 aromatic rings. The molecule has 0 saturated carbocycles. The zero-order valence-corrected chi connectivity index (χ0v) is 9.63. The van der Waals surface area contributed by atoms with Crippen LogP contribution in [0.2, 0.25) is 5.15 Å². The van der Waals surface area contributed by atoms with E-state index in [4.69, 9.17) is 22.1 Å². The molecule has 0 aliphatic carbocycles. The van der Waals surface area contributed by atoms with E-state index in [1.165, 1.54) is 12.1 Å². The van der Waals surface area contributed by atoms with Crippen molar-refractivity contribution in [2.24, 2.45) is 0 Å². The lowest BCUT2D eigenvalue weighted by Gasteiger charge is -2.19. The molecule has 4 nitrogen and oxygen atoms in total. The second-order valence-corrected chi connectivity index (χ2v) is 4.44. The molecule has 0 fully saturated rings. The van der Waals surface area contributed by atoms with Crippen molar-refractivity contribution in [2.75, 3.05) is 5.73 Å². The van der Waals surface area contributed by atoms with Gasteiger partial charge < -0.3 is 10.5 Å². The number of halogens is 1. The molecule has 15 heavy (non-hydrogen) atoms. The first kappa shape index (κ1) is 11.8. The van der Waals surface area contributed by atoms with Crippen molar-refractivity contribution < 1.29 is 9.53 Å². The van der Waals surface area contributed by atoms with Crippen LogP contribution in [0.5, 0.6) is 0 Å². The van der Waals surface area contributed by atoms with E-state index in [2.05, 4.69) is 4.98 Å². The van der Waals surface area contributed by atoms with Crippen molar-refractivity contribution >= 4 is 23.3 Å². The minimum absolute atomic E-state index is 0.110. The molecule has 0 radical (unpaired) electrons. The summed E-state index contributed by atoms with van der Waals surface area (Å²) >= 11 is 5.69. The van der Waals surface area contributed by atoms with Gasteiger partial charge in [-0.3, -0.25) is 0 Å². The topological polar surface area (TPSA) is 65.2 Å². The Morgan fingerprint density at radius 3 is 2.53 bits per heavy atom. The van der Waals surface area contributed by atoms with E-state index in [1.807, 2.05) is 0 Å². The van der Waals surface area contributed by atoms with Crippen LogP contribution in [-0.4, -0.2) is 16.6 Å². The van der Waals surface area contributed by atoms with Crippen LogP contribution < -0.4 is 5.73 Å². The fourth-order valence-electron chi connectivity index (χ4n) is 0.889. The second-order valence-electron chi connectivity index (χ2n) is 4.08. The van der Waals surface area contributed by atoms with E-state index < -0.39 is 11.6 Å². The molecule has 0 bridgehead atoms. The highest BCUT2D eigenvalue weighted by Crippen LogP contribution is 2.17. The van der Waals surface area contributed by atoms with Crippen molar-refractivity contribution in [3.8, 4) is 0 Å². The van der Waals surface area contributed by atoms with Crippen LogP contribution in [-0.2, 0) is 4.74 Å². The Kier molecular flexibility index (Phi) is 3.19. The number of nitrogen functional groups attached to an aromatic ring is 1. The van der Waals surface area contributed by atoms with Gasteiger partial charge in [0.2, 0.25) is 0 Å². The Labute approximate surface area is 93.4 Å². The maximum atomic E-state index is 11.5. The molecule has 2 N–H and O–H groups in total. The third-order valence-electron chi connectivity index (χ3n) is 1.49. The predicted molar refractivity (Wildman–Crippen MR) is 58.8 cm³/mol. The lowest BCUT2D eigenvalue weighted by molar-refractivity contribution is 0.00629. The number of nitrogens with two attached hydrogens (primary N) is 1. The summed E-state index contributed by atoms with van der Waals surface area (Å²) in [6, 6.07) is 3.00. The molecule has 82 valence electrons. The number of aromatic nitrogens is 1. The molecule has 0 saturated heterocycles. The highest BCUT2D eigenvalue weighted by atomic mass is 35.5. The van der Waals surface area contributed by atoms with Crippen molar-refractivity contribution in [1.29, 1.82) is 0 Å². The Bertz CT molecular complexity index is 385. The zero-order valence-electron chi connectivity index (χ0n) is 8.87. The lowest BCUT2D eigenvalue weighted by atomic mass is 10.2. The Hall–Kier alpha value is -1.29. The van der Waals surface area contributed by atoms with E-state index in [0.717, 1.165) is 0 Å². The van der Waals surface area contributed by atoms with Crippen molar-refractivity contribution in [2.45, 2.75) is 26.4 Å². The van der Waals surface area contributed by atoms with Crippen LogP contribution in [0.1, 0.15) is 31.3 Å². The Morgan fingerprint density at radius 1 is 1.47 bits per heavy atom. The number of carbonyl (C=O) groups is 1. The van der Waals surface area contributed by atoms with Crippen LogP contribution in [0.15, 0.2) is 12.1 Å². The van der Waals surface area contributed by atoms with Gasteiger partial charge in [0.05, 0.1) is 5.69 Å². The summed E-state index contributed by atoms with van der Waals surface area (Å²) in [5.74, 6) is -0.510. The quantitative estimate of drug-likeness (QED) is 0.592. The summed E-state index contributed by atoms with van der Waals surface area (Å²) < 4.78 is 5.12. The maximum absolute atomic E-state index is 11.5. The van der Waals surface area contributed by atoms with E-state index in [1.54, 1.807) is 20.8 Å². The van der Waals surface area contributed by atoms with Crippen molar-refractivity contribution in [3.63, 3.8) is 0 Å². The summed E-state index contributed by atoms with van der Waals surface area (Å²) in [5, 5.41) is 0.110. The number of pyridine rings is 1. The van der Waals surface area contributed by atoms with Gasteiger partial charge in [-0.1, -0.05) is 11.6 Å². The Morgan fingerprint density at radius 2 is 2.07 bits per heavy atom. The minimum Gasteiger partial charge on any atom is -0.455 e. The molecule has 0 aliphatic rings. The largest absolute Gasteiger partial charge is 0.455 e. The van der Waals surface area contributed by atoms with Crippen molar-refractivity contribution in [3.05, 3.63) is 23.0 Å². The highest BCUT2D eigenvalue weighted by molar-refractivity contribution is 6.31. The number of esters is 1. The molecule has 0 unspecified atom stereocenters. The molecular formula is C10H13ClN2O2. The number of nitrogens with zero attached hydrogens (tertiary/aromatic N) is 1. The van der Waals surface area contributed by atoms with Gasteiger partial charge in [0, 0.05) is 0 Å². The number of ether oxygens (including phenoxy) is 1. The minimum atomic E-state index is -0.549. The fourth-order valence-corrected chi connectivity index (χ4v) is 1.04. The van der Waals surface area contributed by atoms with Gasteiger partial charge in [-0.15, -0.1) is 0 Å². The molecule has 1 heterocycles. The lowest BCUT2D eigenvalue weighted by Crippen LogP contribution is -2.24. The normalized spacial score (nSPS) is 11.2.